The molecule has 0 aromatic heterocycles. The molecule has 2 N–H and O–H groups in total. The molecular formula is C14H31IN4O2. The zero-order chi connectivity index (χ0) is 14.6. The lowest BCUT2D eigenvalue weighted by Crippen LogP contribution is -2.45. The molecule has 1 aliphatic rings. The van der Waals surface area contributed by atoms with E-state index in [0.29, 0.717) is 12.5 Å². The highest BCUT2D eigenvalue weighted by atomic mass is 127. The van der Waals surface area contributed by atoms with Crippen LogP contribution in [0.3, 0.4) is 0 Å². The lowest BCUT2D eigenvalue weighted by Gasteiger charge is -2.26. The van der Waals surface area contributed by atoms with E-state index >= 15 is 0 Å². The van der Waals surface area contributed by atoms with Crippen molar-refractivity contribution >= 4 is 29.9 Å². The Balaban J connectivity index is 0.00000400. The van der Waals surface area contributed by atoms with Crippen molar-refractivity contribution in [2.45, 2.75) is 13.8 Å². The van der Waals surface area contributed by atoms with Crippen molar-refractivity contribution in [2.75, 3.05) is 66.2 Å². The molecule has 0 saturated carbocycles. The number of guanidine groups is 1. The predicted octanol–water partition coefficient (Wildman–Crippen LogP) is 0.774. The van der Waals surface area contributed by atoms with Crippen molar-refractivity contribution in [1.82, 2.24) is 15.5 Å². The molecule has 0 atom stereocenters. The Morgan fingerprint density at radius 3 is 2.52 bits per heavy atom. The van der Waals surface area contributed by atoms with E-state index in [0.717, 1.165) is 58.5 Å². The van der Waals surface area contributed by atoms with E-state index in [4.69, 9.17) is 9.47 Å². The van der Waals surface area contributed by atoms with E-state index in [2.05, 4.69) is 34.4 Å². The molecule has 6 nitrogen and oxygen atoms in total. The number of hydrogen-bond donors (Lipinski definition) is 2. The molecule has 7 heteroatoms. The number of nitrogens with one attached hydrogen (secondary N) is 2. The first-order valence-electron chi connectivity index (χ1n) is 7.54. The molecule has 1 heterocycles. The van der Waals surface area contributed by atoms with Crippen LogP contribution in [0.5, 0.6) is 0 Å². The Morgan fingerprint density at radius 2 is 1.90 bits per heavy atom. The highest BCUT2D eigenvalue weighted by Gasteiger charge is 2.09. The third-order valence-electron chi connectivity index (χ3n) is 3.04. The number of halogens is 1. The Bertz CT molecular complexity index is 272. The molecule has 21 heavy (non-hydrogen) atoms. The molecule has 1 rings (SSSR count). The van der Waals surface area contributed by atoms with Gasteiger partial charge in [0.15, 0.2) is 5.96 Å². The Kier molecular flexibility index (Phi) is 13.5. The van der Waals surface area contributed by atoms with Gasteiger partial charge >= 0.3 is 0 Å². The summed E-state index contributed by atoms with van der Waals surface area (Å²) in [4.78, 5) is 6.60. The van der Waals surface area contributed by atoms with E-state index < -0.39 is 0 Å². The zero-order valence-electron chi connectivity index (χ0n) is 13.6. The van der Waals surface area contributed by atoms with Crippen LogP contribution in [0.15, 0.2) is 4.99 Å². The molecule has 0 aliphatic carbocycles. The van der Waals surface area contributed by atoms with Crippen LogP contribution in [-0.4, -0.2) is 77.1 Å². The van der Waals surface area contributed by atoms with Crippen LogP contribution in [0, 0.1) is 5.92 Å². The van der Waals surface area contributed by atoms with E-state index in [9.17, 15) is 0 Å². The standard InChI is InChI=1S/C14H30N4O2.HI/c1-13(2)12-20-9-5-17-14(15-3)16-4-6-18-7-10-19-11-8-18;/h13H,4-12H2,1-3H3,(H2,15,16,17);1H. The molecule has 0 aromatic carbocycles. The van der Waals surface area contributed by atoms with Gasteiger partial charge in [0.25, 0.3) is 0 Å². The minimum Gasteiger partial charge on any atom is -0.379 e. The maximum atomic E-state index is 5.52. The molecule has 0 bridgehead atoms. The molecule has 126 valence electrons. The van der Waals surface area contributed by atoms with Crippen LogP contribution in [-0.2, 0) is 9.47 Å². The first-order valence-corrected chi connectivity index (χ1v) is 7.54. The molecule has 0 aromatic rings. The fourth-order valence-electron chi connectivity index (χ4n) is 1.94. The molecule has 0 radical (unpaired) electrons. The van der Waals surface area contributed by atoms with Crippen LogP contribution in [0.1, 0.15) is 13.8 Å². The first kappa shape index (κ1) is 20.9. The SMILES string of the molecule is CN=C(NCCOCC(C)C)NCCN1CCOCC1.I. The monoisotopic (exact) mass is 414 g/mol. The topological polar surface area (TPSA) is 58.1 Å². The highest BCUT2D eigenvalue weighted by molar-refractivity contribution is 14.0. The van der Waals surface area contributed by atoms with Crippen molar-refractivity contribution in [2.24, 2.45) is 10.9 Å². The van der Waals surface area contributed by atoms with E-state index in [1.165, 1.54) is 0 Å². The van der Waals surface area contributed by atoms with Crippen LogP contribution in [0.4, 0.5) is 0 Å². The number of ether oxygens (including phenoxy) is 2. The summed E-state index contributed by atoms with van der Waals surface area (Å²) in [6, 6.07) is 0. The molecule has 0 amide bonds. The quantitative estimate of drug-likeness (QED) is 0.266. The lowest BCUT2D eigenvalue weighted by molar-refractivity contribution is 0.0389. The van der Waals surface area contributed by atoms with Gasteiger partial charge in [0, 0.05) is 46.4 Å². The number of hydrogen-bond acceptors (Lipinski definition) is 4. The summed E-state index contributed by atoms with van der Waals surface area (Å²) < 4.78 is 10.9. The lowest BCUT2D eigenvalue weighted by atomic mass is 10.2. The minimum absolute atomic E-state index is 0. The average molecular weight is 414 g/mol. The van der Waals surface area contributed by atoms with Crippen molar-refractivity contribution in [3.05, 3.63) is 0 Å². The molecule has 1 aliphatic heterocycles. The van der Waals surface area contributed by atoms with Crippen LogP contribution in [0.2, 0.25) is 0 Å². The zero-order valence-corrected chi connectivity index (χ0v) is 15.9. The largest absolute Gasteiger partial charge is 0.379 e. The molecule has 1 saturated heterocycles. The normalized spacial score (nSPS) is 16.7. The van der Waals surface area contributed by atoms with Gasteiger partial charge in [-0.25, -0.2) is 0 Å². The van der Waals surface area contributed by atoms with Gasteiger partial charge in [-0.05, 0) is 5.92 Å². The first-order chi connectivity index (χ1) is 9.72. The Hall–Kier alpha value is -0.120. The fraction of sp³-hybridized carbons (Fsp3) is 0.929. The molecule has 1 fully saturated rings. The molecule has 0 spiro atoms. The van der Waals surface area contributed by atoms with Crippen molar-refractivity contribution in [3.63, 3.8) is 0 Å². The van der Waals surface area contributed by atoms with E-state index in [-0.39, 0.29) is 24.0 Å². The second-order valence-electron chi connectivity index (χ2n) is 5.35. The second-order valence-corrected chi connectivity index (χ2v) is 5.35. The van der Waals surface area contributed by atoms with Gasteiger partial charge in [0.2, 0.25) is 0 Å². The maximum Gasteiger partial charge on any atom is 0.191 e. The Labute approximate surface area is 146 Å². The highest BCUT2D eigenvalue weighted by Crippen LogP contribution is 1.94. The van der Waals surface area contributed by atoms with Crippen molar-refractivity contribution in [1.29, 1.82) is 0 Å². The van der Waals surface area contributed by atoms with Crippen LogP contribution >= 0.6 is 24.0 Å². The summed E-state index contributed by atoms with van der Waals surface area (Å²) in [5, 5.41) is 6.57. The summed E-state index contributed by atoms with van der Waals surface area (Å²) in [6.07, 6.45) is 0. The predicted molar refractivity (Wildman–Crippen MR) is 97.7 cm³/mol. The summed E-state index contributed by atoms with van der Waals surface area (Å²) in [6.45, 7) is 12.3. The number of morpholine rings is 1. The maximum absolute atomic E-state index is 5.52. The van der Waals surface area contributed by atoms with Crippen LogP contribution < -0.4 is 10.6 Å². The van der Waals surface area contributed by atoms with Gasteiger partial charge < -0.3 is 20.1 Å². The fourth-order valence-corrected chi connectivity index (χ4v) is 1.94. The van der Waals surface area contributed by atoms with Crippen molar-refractivity contribution in [3.8, 4) is 0 Å². The third kappa shape index (κ3) is 11.1. The summed E-state index contributed by atoms with van der Waals surface area (Å²) in [5.74, 6) is 1.42. The van der Waals surface area contributed by atoms with Gasteiger partial charge in [-0.2, -0.15) is 0 Å². The summed E-state index contributed by atoms with van der Waals surface area (Å²) in [7, 11) is 1.79. The van der Waals surface area contributed by atoms with Gasteiger partial charge in [0.05, 0.1) is 19.8 Å². The van der Waals surface area contributed by atoms with E-state index in [1.54, 1.807) is 7.05 Å². The number of aliphatic imine (C=N–C) groups is 1. The minimum atomic E-state index is 0. The third-order valence-corrected chi connectivity index (χ3v) is 3.04. The smallest absolute Gasteiger partial charge is 0.191 e. The average Bonchev–Trinajstić information content (AvgIpc) is 2.46. The van der Waals surface area contributed by atoms with Crippen LogP contribution in [0.25, 0.3) is 0 Å². The second kappa shape index (κ2) is 13.5. The molecule has 0 unspecified atom stereocenters. The Morgan fingerprint density at radius 1 is 1.24 bits per heavy atom. The van der Waals surface area contributed by atoms with E-state index in [1.807, 2.05) is 0 Å². The van der Waals surface area contributed by atoms with Gasteiger partial charge in [-0.15, -0.1) is 24.0 Å². The summed E-state index contributed by atoms with van der Waals surface area (Å²) >= 11 is 0. The number of rotatable bonds is 8. The van der Waals surface area contributed by atoms with Gasteiger partial charge in [-0.1, -0.05) is 13.8 Å². The van der Waals surface area contributed by atoms with Gasteiger partial charge in [0.1, 0.15) is 0 Å². The number of nitrogens with zero attached hydrogens (tertiary/aromatic N) is 2. The molecular weight excluding hydrogens is 383 g/mol. The van der Waals surface area contributed by atoms with Gasteiger partial charge in [-0.3, -0.25) is 9.89 Å². The summed E-state index contributed by atoms with van der Waals surface area (Å²) in [5.41, 5.74) is 0. The van der Waals surface area contributed by atoms with Crippen molar-refractivity contribution < 1.29 is 9.47 Å².